The standard InChI is InChI=1S/C21H22F2N2O/c1-21(7-9-24)8-10-25(14-20(21)23)13-16-11-19(26)17(12-18(16)22)15-5-3-2-4-6-15/h2-6,11-12,20,26H,7-8,10,13-14H2,1H3. The normalized spacial score (nSPS) is 23.5. The summed E-state index contributed by atoms with van der Waals surface area (Å²) in [6.07, 6.45) is -0.392. The summed E-state index contributed by atoms with van der Waals surface area (Å²) in [5.41, 5.74) is 0.890. The molecule has 1 aliphatic heterocycles. The van der Waals surface area contributed by atoms with Crippen LogP contribution in [0, 0.1) is 22.6 Å². The van der Waals surface area contributed by atoms with E-state index in [1.165, 1.54) is 12.1 Å². The maximum Gasteiger partial charge on any atom is 0.128 e. The highest BCUT2D eigenvalue weighted by molar-refractivity contribution is 5.70. The Kier molecular flexibility index (Phi) is 5.24. The monoisotopic (exact) mass is 356 g/mol. The smallest absolute Gasteiger partial charge is 0.128 e. The Morgan fingerprint density at radius 1 is 1.31 bits per heavy atom. The van der Waals surface area contributed by atoms with Gasteiger partial charge in [-0.1, -0.05) is 37.3 Å². The van der Waals surface area contributed by atoms with Gasteiger partial charge in [0.25, 0.3) is 0 Å². The third-order valence-corrected chi connectivity index (χ3v) is 5.30. The Labute approximate surface area is 152 Å². The molecule has 0 aliphatic carbocycles. The van der Waals surface area contributed by atoms with Crippen LogP contribution >= 0.6 is 0 Å². The molecule has 136 valence electrons. The van der Waals surface area contributed by atoms with E-state index in [-0.39, 0.29) is 25.3 Å². The van der Waals surface area contributed by atoms with Gasteiger partial charge in [-0.25, -0.2) is 8.78 Å². The SMILES string of the molecule is CC1(CC#N)CCN(Cc2cc(O)c(-c3ccccc3)cc2F)CC1F. The molecule has 2 unspecified atom stereocenters. The Morgan fingerprint density at radius 3 is 2.69 bits per heavy atom. The zero-order valence-corrected chi connectivity index (χ0v) is 14.8. The maximum absolute atomic E-state index is 14.6. The summed E-state index contributed by atoms with van der Waals surface area (Å²) in [4.78, 5) is 1.84. The number of hydrogen-bond acceptors (Lipinski definition) is 3. The first kappa shape index (κ1) is 18.3. The van der Waals surface area contributed by atoms with Gasteiger partial charge in [0, 0.05) is 36.1 Å². The quantitative estimate of drug-likeness (QED) is 0.866. The van der Waals surface area contributed by atoms with Gasteiger partial charge in [0.2, 0.25) is 0 Å². The van der Waals surface area contributed by atoms with Gasteiger partial charge in [-0.15, -0.1) is 0 Å². The molecule has 0 aromatic heterocycles. The van der Waals surface area contributed by atoms with E-state index in [0.717, 1.165) is 5.56 Å². The first-order chi connectivity index (χ1) is 12.4. The number of phenolic OH excluding ortho intramolecular Hbond substituents is 1. The molecule has 0 spiro atoms. The molecule has 1 N–H and O–H groups in total. The number of benzene rings is 2. The second kappa shape index (κ2) is 7.43. The van der Waals surface area contributed by atoms with Crippen molar-refractivity contribution in [2.75, 3.05) is 13.1 Å². The molecular weight excluding hydrogens is 334 g/mol. The van der Waals surface area contributed by atoms with Crippen LogP contribution in [0.5, 0.6) is 5.75 Å². The van der Waals surface area contributed by atoms with Gasteiger partial charge in [0.05, 0.1) is 6.07 Å². The lowest BCUT2D eigenvalue weighted by Crippen LogP contribution is -2.47. The van der Waals surface area contributed by atoms with Crippen molar-refractivity contribution in [3.05, 3.63) is 53.8 Å². The molecule has 1 heterocycles. The highest BCUT2D eigenvalue weighted by Gasteiger charge is 2.39. The number of likely N-dealkylation sites (tertiary alicyclic amines) is 1. The van der Waals surface area contributed by atoms with Gasteiger partial charge < -0.3 is 5.11 Å². The van der Waals surface area contributed by atoms with E-state index in [9.17, 15) is 13.9 Å². The van der Waals surface area contributed by atoms with Crippen LogP contribution in [-0.4, -0.2) is 29.3 Å². The first-order valence-electron chi connectivity index (χ1n) is 8.73. The van der Waals surface area contributed by atoms with Crippen LogP contribution in [0.1, 0.15) is 25.3 Å². The van der Waals surface area contributed by atoms with E-state index in [4.69, 9.17) is 5.26 Å². The first-order valence-corrected chi connectivity index (χ1v) is 8.73. The van der Waals surface area contributed by atoms with Gasteiger partial charge >= 0.3 is 0 Å². The molecule has 2 aromatic rings. The van der Waals surface area contributed by atoms with Gasteiger partial charge in [0.1, 0.15) is 17.7 Å². The molecule has 1 aliphatic rings. The number of piperidine rings is 1. The van der Waals surface area contributed by atoms with Gasteiger partial charge in [0.15, 0.2) is 0 Å². The predicted octanol–water partition coefficient (Wildman–Crippen LogP) is 4.66. The summed E-state index contributed by atoms with van der Waals surface area (Å²) in [6.45, 7) is 2.79. The van der Waals surface area contributed by atoms with Crippen LogP contribution < -0.4 is 0 Å². The van der Waals surface area contributed by atoms with E-state index in [0.29, 0.717) is 24.1 Å². The van der Waals surface area contributed by atoms with Crippen LogP contribution in [0.2, 0.25) is 0 Å². The van der Waals surface area contributed by atoms with Gasteiger partial charge in [-0.2, -0.15) is 5.26 Å². The van der Waals surface area contributed by atoms with Crippen LogP contribution in [0.25, 0.3) is 11.1 Å². The number of nitrogens with zero attached hydrogens (tertiary/aromatic N) is 2. The fraction of sp³-hybridized carbons (Fsp3) is 0.381. The molecule has 0 amide bonds. The van der Waals surface area contributed by atoms with Crippen LogP contribution in [-0.2, 0) is 6.54 Å². The van der Waals surface area contributed by atoms with Crippen molar-refractivity contribution >= 4 is 0 Å². The number of rotatable bonds is 4. The summed E-state index contributed by atoms with van der Waals surface area (Å²) in [6, 6.07) is 13.9. The molecule has 2 atom stereocenters. The summed E-state index contributed by atoms with van der Waals surface area (Å²) in [5, 5.41) is 19.2. The van der Waals surface area contributed by atoms with E-state index in [2.05, 4.69) is 6.07 Å². The van der Waals surface area contributed by atoms with E-state index < -0.39 is 17.4 Å². The Morgan fingerprint density at radius 2 is 2.04 bits per heavy atom. The summed E-state index contributed by atoms with van der Waals surface area (Å²) >= 11 is 0. The minimum Gasteiger partial charge on any atom is -0.507 e. The molecular formula is C21H22F2N2O. The number of nitriles is 1. The summed E-state index contributed by atoms with van der Waals surface area (Å²) < 4.78 is 29.1. The molecule has 0 radical (unpaired) electrons. The minimum absolute atomic E-state index is 0.00993. The summed E-state index contributed by atoms with van der Waals surface area (Å²) in [7, 11) is 0. The minimum atomic E-state index is -1.13. The molecule has 5 heteroatoms. The van der Waals surface area contributed by atoms with Crippen molar-refractivity contribution in [1.29, 1.82) is 5.26 Å². The largest absolute Gasteiger partial charge is 0.507 e. The average Bonchev–Trinajstić information content (AvgIpc) is 2.62. The number of hydrogen-bond donors (Lipinski definition) is 1. The molecule has 1 fully saturated rings. The van der Waals surface area contributed by atoms with E-state index in [1.807, 2.05) is 35.2 Å². The van der Waals surface area contributed by atoms with E-state index in [1.54, 1.807) is 6.92 Å². The molecule has 0 bridgehead atoms. The maximum atomic E-state index is 14.6. The lowest BCUT2D eigenvalue weighted by Gasteiger charge is -2.41. The fourth-order valence-electron chi connectivity index (χ4n) is 3.45. The van der Waals surface area contributed by atoms with Crippen molar-refractivity contribution in [1.82, 2.24) is 4.90 Å². The number of halogens is 2. The second-order valence-electron chi connectivity index (χ2n) is 7.27. The number of phenols is 1. The topological polar surface area (TPSA) is 47.3 Å². The molecule has 26 heavy (non-hydrogen) atoms. The molecule has 2 aromatic carbocycles. The Bertz CT molecular complexity index is 819. The number of alkyl halides is 1. The van der Waals surface area contributed by atoms with Crippen molar-refractivity contribution in [3.63, 3.8) is 0 Å². The van der Waals surface area contributed by atoms with Gasteiger partial charge in [-0.05, 0) is 30.7 Å². The lowest BCUT2D eigenvalue weighted by atomic mass is 9.76. The predicted molar refractivity (Wildman–Crippen MR) is 96.6 cm³/mol. The average molecular weight is 356 g/mol. The highest BCUT2D eigenvalue weighted by atomic mass is 19.1. The highest BCUT2D eigenvalue weighted by Crippen LogP contribution is 2.37. The third kappa shape index (κ3) is 3.71. The zero-order chi connectivity index (χ0) is 18.7. The lowest BCUT2D eigenvalue weighted by molar-refractivity contribution is 0.0182. The van der Waals surface area contributed by atoms with Crippen molar-refractivity contribution < 1.29 is 13.9 Å². The van der Waals surface area contributed by atoms with Gasteiger partial charge in [-0.3, -0.25) is 4.90 Å². The Balaban J connectivity index is 1.76. The van der Waals surface area contributed by atoms with Crippen molar-refractivity contribution in [2.24, 2.45) is 5.41 Å². The van der Waals surface area contributed by atoms with Crippen LogP contribution in [0.15, 0.2) is 42.5 Å². The molecule has 3 rings (SSSR count). The molecule has 3 nitrogen and oxygen atoms in total. The Hall–Kier alpha value is -2.45. The molecule has 0 saturated carbocycles. The van der Waals surface area contributed by atoms with E-state index >= 15 is 0 Å². The second-order valence-corrected chi connectivity index (χ2v) is 7.27. The van der Waals surface area contributed by atoms with Crippen molar-refractivity contribution in [2.45, 2.75) is 32.5 Å². The zero-order valence-electron chi connectivity index (χ0n) is 14.8. The van der Waals surface area contributed by atoms with Crippen molar-refractivity contribution in [3.8, 4) is 22.9 Å². The number of aromatic hydroxyl groups is 1. The fourth-order valence-corrected chi connectivity index (χ4v) is 3.45. The van der Waals surface area contributed by atoms with Crippen LogP contribution in [0.4, 0.5) is 8.78 Å². The van der Waals surface area contributed by atoms with Crippen LogP contribution in [0.3, 0.4) is 0 Å². The summed E-state index contributed by atoms with van der Waals surface area (Å²) in [5.74, 6) is -0.404. The third-order valence-electron chi connectivity index (χ3n) is 5.30. The molecule has 1 saturated heterocycles.